The van der Waals surface area contributed by atoms with Crippen molar-refractivity contribution >= 4 is 37.2 Å². The zero-order valence-corrected chi connectivity index (χ0v) is 11.9. The predicted octanol–water partition coefficient (Wildman–Crippen LogP) is 0.823. The van der Waals surface area contributed by atoms with Gasteiger partial charge in [-0.1, -0.05) is 6.92 Å². The minimum Gasteiger partial charge on any atom is -0.326 e. The summed E-state index contributed by atoms with van der Waals surface area (Å²) in [5.74, 6) is -3.39. The lowest BCUT2D eigenvalue weighted by Gasteiger charge is -2.13. The van der Waals surface area contributed by atoms with Crippen molar-refractivity contribution < 1.29 is 24.0 Å². The lowest BCUT2D eigenvalue weighted by atomic mass is 9.86. The average Bonchev–Trinajstić information content (AvgIpc) is 2.74. The van der Waals surface area contributed by atoms with Gasteiger partial charge in [0.05, 0.1) is 13.4 Å². The Morgan fingerprint density at radius 2 is 1.95 bits per heavy atom. The molecule has 2 radical (unpaired) electrons. The van der Waals surface area contributed by atoms with Gasteiger partial charge in [0, 0.05) is 24.3 Å². The molecule has 1 fully saturated rings. The number of imide groups is 1. The van der Waals surface area contributed by atoms with Crippen LogP contribution in [0, 0.1) is 0 Å². The quantitative estimate of drug-likeness (QED) is 0.656. The summed E-state index contributed by atoms with van der Waals surface area (Å²) in [5.41, 5.74) is 0.661. The topological polar surface area (TPSA) is 92.8 Å². The largest absolute Gasteiger partial charge is 0.363 e. The summed E-state index contributed by atoms with van der Waals surface area (Å²) in [6, 6.07) is 5.87. The van der Waals surface area contributed by atoms with E-state index in [1.54, 1.807) is 6.92 Å². The zero-order valence-electron chi connectivity index (χ0n) is 11.9. The highest BCUT2D eigenvalue weighted by Crippen LogP contribution is 2.22. The number of hydrogen-bond acceptors (Lipinski definition) is 5. The SMILES string of the molecule is [B]C1CC(=O)N(OC(=O)c2ccc(NC(=O)CC)cc2)C1=O. The molecule has 3 amide bonds. The van der Waals surface area contributed by atoms with Gasteiger partial charge in [0.15, 0.2) is 0 Å². The Morgan fingerprint density at radius 3 is 2.45 bits per heavy atom. The van der Waals surface area contributed by atoms with Crippen LogP contribution >= 0.6 is 0 Å². The third-order valence-corrected chi connectivity index (χ3v) is 3.04. The molecule has 1 saturated heterocycles. The van der Waals surface area contributed by atoms with Crippen LogP contribution in [0.15, 0.2) is 24.3 Å². The van der Waals surface area contributed by atoms with Crippen molar-refractivity contribution in [3.63, 3.8) is 0 Å². The first kappa shape index (κ1) is 15.7. The second-order valence-electron chi connectivity index (χ2n) is 4.69. The summed E-state index contributed by atoms with van der Waals surface area (Å²) in [5, 5.41) is 3.01. The fourth-order valence-electron chi connectivity index (χ4n) is 1.80. The fraction of sp³-hybridized carbons (Fsp3) is 0.286. The number of nitrogens with one attached hydrogen (secondary N) is 1. The van der Waals surface area contributed by atoms with Crippen molar-refractivity contribution in [3.05, 3.63) is 29.8 Å². The third kappa shape index (κ3) is 3.33. The highest BCUT2D eigenvalue weighted by molar-refractivity contribution is 6.29. The van der Waals surface area contributed by atoms with E-state index >= 15 is 0 Å². The van der Waals surface area contributed by atoms with E-state index in [-0.39, 0.29) is 17.9 Å². The molecule has 0 spiro atoms. The van der Waals surface area contributed by atoms with Crippen LogP contribution in [0.4, 0.5) is 5.69 Å². The summed E-state index contributed by atoms with van der Waals surface area (Å²) in [6.07, 6.45) is 0.150. The summed E-state index contributed by atoms with van der Waals surface area (Å²) in [6.45, 7) is 1.72. The van der Waals surface area contributed by atoms with Crippen LogP contribution in [0.25, 0.3) is 0 Å². The normalized spacial score (nSPS) is 17.5. The van der Waals surface area contributed by atoms with E-state index in [2.05, 4.69) is 5.32 Å². The van der Waals surface area contributed by atoms with Gasteiger partial charge in [-0.3, -0.25) is 14.4 Å². The first-order valence-electron chi connectivity index (χ1n) is 6.67. The van der Waals surface area contributed by atoms with Crippen LogP contribution in [-0.4, -0.2) is 36.6 Å². The van der Waals surface area contributed by atoms with Crippen LogP contribution in [0.2, 0.25) is 5.82 Å². The fourth-order valence-corrected chi connectivity index (χ4v) is 1.80. The molecule has 1 aromatic carbocycles. The number of benzene rings is 1. The average molecular weight is 300 g/mol. The number of hydrogen-bond donors (Lipinski definition) is 1. The van der Waals surface area contributed by atoms with Crippen molar-refractivity contribution in [2.75, 3.05) is 5.32 Å². The number of nitrogens with zero attached hydrogens (tertiary/aromatic N) is 1. The highest BCUT2D eigenvalue weighted by atomic mass is 16.7. The van der Waals surface area contributed by atoms with Crippen LogP contribution in [0.1, 0.15) is 30.1 Å². The van der Waals surface area contributed by atoms with Crippen LogP contribution in [-0.2, 0) is 19.2 Å². The number of anilines is 1. The molecule has 8 heteroatoms. The van der Waals surface area contributed by atoms with Gasteiger partial charge in [-0.15, -0.1) is 5.06 Å². The predicted molar refractivity (Wildman–Crippen MR) is 76.8 cm³/mol. The van der Waals surface area contributed by atoms with Crippen molar-refractivity contribution in [1.29, 1.82) is 0 Å². The van der Waals surface area contributed by atoms with Crippen molar-refractivity contribution in [1.82, 2.24) is 5.06 Å². The standard InChI is InChI=1S/C14H13BN2O5/c1-2-11(18)16-9-5-3-8(4-6-9)14(21)22-17-12(19)7-10(15)13(17)20/h3-6,10H,2,7H2,1H3,(H,16,18). The third-order valence-electron chi connectivity index (χ3n) is 3.04. The summed E-state index contributed by atoms with van der Waals surface area (Å²) in [7, 11) is 5.41. The van der Waals surface area contributed by atoms with Gasteiger partial charge in [0.2, 0.25) is 5.91 Å². The van der Waals surface area contributed by atoms with E-state index in [1.807, 2.05) is 0 Å². The van der Waals surface area contributed by atoms with E-state index < -0.39 is 23.6 Å². The van der Waals surface area contributed by atoms with Gasteiger partial charge >= 0.3 is 5.97 Å². The van der Waals surface area contributed by atoms with Crippen LogP contribution < -0.4 is 5.32 Å². The number of carbonyl (C=O) groups excluding carboxylic acids is 4. The molecule has 0 aromatic heterocycles. The maximum Gasteiger partial charge on any atom is 0.363 e. The molecule has 1 N–H and O–H groups in total. The lowest BCUT2D eigenvalue weighted by molar-refractivity contribution is -0.172. The van der Waals surface area contributed by atoms with Crippen LogP contribution in [0.3, 0.4) is 0 Å². The number of amides is 3. The van der Waals surface area contributed by atoms with E-state index in [4.69, 9.17) is 12.7 Å². The van der Waals surface area contributed by atoms with Gasteiger partial charge < -0.3 is 10.2 Å². The first-order valence-corrected chi connectivity index (χ1v) is 6.67. The number of carbonyl (C=O) groups is 4. The second-order valence-corrected chi connectivity index (χ2v) is 4.69. The summed E-state index contributed by atoms with van der Waals surface area (Å²) >= 11 is 0. The minimum absolute atomic E-state index is 0.135. The van der Waals surface area contributed by atoms with E-state index in [1.165, 1.54) is 24.3 Å². The summed E-state index contributed by atoms with van der Waals surface area (Å²) in [4.78, 5) is 50.9. The minimum atomic E-state index is -0.980. The molecule has 22 heavy (non-hydrogen) atoms. The molecule has 1 aromatic rings. The van der Waals surface area contributed by atoms with E-state index in [9.17, 15) is 19.2 Å². The maximum absolute atomic E-state index is 11.9. The van der Waals surface area contributed by atoms with Gasteiger partial charge in [-0.25, -0.2) is 4.79 Å². The van der Waals surface area contributed by atoms with E-state index in [0.29, 0.717) is 17.2 Å². The molecule has 1 aliphatic heterocycles. The molecule has 1 atom stereocenters. The van der Waals surface area contributed by atoms with Crippen LogP contribution in [0.5, 0.6) is 0 Å². The van der Waals surface area contributed by atoms with Crippen molar-refractivity contribution in [2.45, 2.75) is 25.6 Å². The maximum atomic E-state index is 11.9. The second kappa shape index (κ2) is 6.42. The Hall–Kier alpha value is -2.64. The zero-order chi connectivity index (χ0) is 16.3. The van der Waals surface area contributed by atoms with Crippen molar-refractivity contribution in [2.24, 2.45) is 0 Å². The molecule has 2 rings (SSSR count). The van der Waals surface area contributed by atoms with Gasteiger partial charge in [0.1, 0.15) is 0 Å². The molecule has 1 unspecified atom stereocenters. The molecule has 0 bridgehead atoms. The monoisotopic (exact) mass is 300 g/mol. The Bertz CT molecular complexity index is 629. The molecule has 0 aliphatic carbocycles. The molecule has 1 heterocycles. The molecule has 1 aliphatic rings. The first-order chi connectivity index (χ1) is 10.4. The summed E-state index contributed by atoms with van der Waals surface area (Å²) < 4.78 is 0. The highest BCUT2D eigenvalue weighted by Gasteiger charge is 2.38. The number of hydroxylamine groups is 2. The molecular formula is C14H13BN2O5. The number of rotatable bonds is 4. The lowest BCUT2D eigenvalue weighted by Crippen LogP contribution is -2.32. The molecule has 7 nitrogen and oxygen atoms in total. The Morgan fingerprint density at radius 1 is 1.32 bits per heavy atom. The van der Waals surface area contributed by atoms with E-state index in [0.717, 1.165) is 0 Å². The van der Waals surface area contributed by atoms with Crippen molar-refractivity contribution in [3.8, 4) is 0 Å². The smallest absolute Gasteiger partial charge is 0.326 e. The Kier molecular flexibility index (Phi) is 4.60. The Balaban J connectivity index is 2.03. The van der Waals surface area contributed by atoms with Gasteiger partial charge in [-0.05, 0) is 24.3 Å². The molecule has 0 saturated carbocycles. The Labute approximate surface area is 128 Å². The van der Waals surface area contributed by atoms with Gasteiger partial charge in [0.25, 0.3) is 11.8 Å². The molecule has 112 valence electrons. The molecular weight excluding hydrogens is 287 g/mol. The van der Waals surface area contributed by atoms with Gasteiger partial charge in [-0.2, -0.15) is 0 Å².